The van der Waals surface area contributed by atoms with Crippen LogP contribution in [0.3, 0.4) is 0 Å². The molecule has 0 aromatic heterocycles. The number of carbonyl (C=O) groups is 2. The molecule has 0 radical (unpaired) electrons. The van der Waals surface area contributed by atoms with E-state index in [2.05, 4.69) is 55.6 Å². The number of aliphatic hydroxyl groups is 2. The fourth-order valence-electron chi connectivity index (χ4n) is 10.9. The highest BCUT2D eigenvalue weighted by Crippen LogP contribution is 2.18. The standard InChI is InChI=1S/C73H137NO5/c1-3-5-7-9-11-13-15-17-19-21-35-39-43-47-51-55-59-63-67-73(78)79-68-64-60-56-52-48-44-40-36-32-30-28-26-24-22-23-25-27-29-31-34-38-42-46-50-54-58-62-66-72(77)74-70(69-75)71(76)65-61-57-53-49-45-41-37-33-20-18-16-14-12-10-8-6-4-2/h19,21-23,26,28,61,65,70-71,75-76H,3-18,20,24-25,27,29-60,62-64,66-69H2,1-2H3,(H,74,77)/b21-19-,23-22-,28-26-,65-61+. The Bertz CT molecular complexity index is 1320. The van der Waals surface area contributed by atoms with Crippen LogP contribution in [0.15, 0.2) is 48.6 Å². The van der Waals surface area contributed by atoms with E-state index in [4.69, 9.17) is 4.74 Å². The number of rotatable bonds is 66. The van der Waals surface area contributed by atoms with Crippen LogP contribution in [0.4, 0.5) is 0 Å². The molecule has 2 atom stereocenters. The Morgan fingerprint density at radius 3 is 0.975 bits per heavy atom. The van der Waals surface area contributed by atoms with Crippen LogP contribution in [-0.4, -0.2) is 47.4 Å². The molecular weight excluding hydrogens is 971 g/mol. The Balaban J connectivity index is 3.43. The minimum Gasteiger partial charge on any atom is -0.466 e. The Morgan fingerprint density at radius 1 is 0.354 bits per heavy atom. The summed E-state index contributed by atoms with van der Waals surface area (Å²) in [7, 11) is 0. The van der Waals surface area contributed by atoms with E-state index in [1.165, 1.54) is 302 Å². The summed E-state index contributed by atoms with van der Waals surface area (Å²) in [5.74, 6) is -0.0615. The monoisotopic (exact) mass is 1110 g/mol. The fourth-order valence-corrected chi connectivity index (χ4v) is 10.9. The van der Waals surface area contributed by atoms with Crippen molar-refractivity contribution in [2.24, 2.45) is 0 Å². The molecule has 0 aromatic rings. The van der Waals surface area contributed by atoms with Crippen molar-refractivity contribution in [3.8, 4) is 0 Å². The van der Waals surface area contributed by atoms with Crippen LogP contribution < -0.4 is 5.32 Å². The molecule has 0 fully saturated rings. The first-order valence-electron chi connectivity index (χ1n) is 35.4. The third-order valence-electron chi connectivity index (χ3n) is 16.3. The highest BCUT2D eigenvalue weighted by molar-refractivity contribution is 5.76. The van der Waals surface area contributed by atoms with Gasteiger partial charge >= 0.3 is 5.97 Å². The first kappa shape index (κ1) is 76.8. The Hall–Kier alpha value is -2.18. The van der Waals surface area contributed by atoms with Crippen LogP contribution in [0.2, 0.25) is 0 Å². The first-order valence-corrected chi connectivity index (χ1v) is 35.4. The van der Waals surface area contributed by atoms with E-state index in [1.807, 2.05) is 6.08 Å². The lowest BCUT2D eigenvalue weighted by Crippen LogP contribution is -2.45. The molecule has 6 heteroatoms. The third kappa shape index (κ3) is 64.8. The summed E-state index contributed by atoms with van der Waals surface area (Å²) < 4.78 is 5.50. The van der Waals surface area contributed by atoms with Crippen LogP contribution in [0.25, 0.3) is 0 Å². The van der Waals surface area contributed by atoms with Gasteiger partial charge < -0.3 is 20.3 Å². The molecule has 0 saturated carbocycles. The maximum Gasteiger partial charge on any atom is 0.305 e. The number of aliphatic hydroxyl groups excluding tert-OH is 2. The van der Waals surface area contributed by atoms with Crippen molar-refractivity contribution in [1.82, 2.24) is 5.32 Å². The molecule has 0 saturated heterocycles. The van der Waals surface area contributed by atoms with Crippen LogP contribution in [0.5, 0.6) is 0 Å². The van der Waals surface area contributed by atoms with E-state index < -0.39 is 12.1 Å². The van der Waals surface area contributed by atoms with Crippen LogP contribution in [0, 0.1) is 0 Å². The predicted molar refractivity (Wildman–Crippen MR) is 347 cm³/mol. The molecule has 0 aliphatic rings. The van der Waals surface area contributed by atoms with Gasteiger partial charge in [0.2, 0.25) is 5.91 Å². The molecular formula is C73H137NO5. The minimum atomic E-state index is -0.848. The number of esters is 1. The highest BCUT2D eigenvalue weighted by Gasteiger charge is 2.18. The van der Waals surface area contributed by atoms with Gasteiger partial charge in [0.05, 0.1) is 25.4 Å². The van der Waals surface area contributed by atoms with Crippen molar-refractivity contribution in [3.63, 3.8) is 0 Å². The number of carbonyl (C=O) groups excluding carboxylic acids is 2. The maximum absolute atomic E-state index is 12.5. The van der Waals surface area contributed by atoms with Gasteiger partial charge in [-0.05, 0) is 89.9 Å². The van der Waals surface area contributed by atoms with Crippen molar-refractivity contribution in [3.05, 3.63) is 48.6 Å². The summed E-state index contributed by atoms with van der Waals surface area (Å²) in [4.78, 5) is 24.6. The molecule has 464 valence electrons. The first-order chi connectivity index (χ1) is 39.0. The zero-order valence-electron chi connectivity index (χ0n) is 53.1. The molecule has 6 nitrogen and oxygen atoms in total. The summed E-state index contributed by atoms with van der Waals surface area (Å²) in [6, 6.07) is -0.631. The van der Waals surface area contributed by atoms with Gasteiger partial charge in [-0.3, -0.25) is 9.59 Å². The summed E-state index contributed by atoms with van der Waals surface area (Å²) in [6.45, 7) is 4.92. The van der Waals surface area contributed by atoms with Crippen LogP contribution >= 0.6 is 0 Å². The zero-order valence-corrected chi connectivity index (χ0v) is 53.1. The molecule has 0 bridgehead atoms. The average Bonchev–Trinajstić information content (AvgIpc) is 3.45. The molecule has 79 heavy (non-hydrogen) atoms. The van der Waals surface area contributed by atoms with E-state index >= 15 is 0 Å². The summed E-state index contributed by atoms with van der Waals surface area (Å²) >= 11 is 0. The quantitative estimate of drug-likeness (QED) is 0.0320. The minimum absolute atomic E-state index is 0.00755. The molecule has 0 aliphatic heterocycles. The molecule has 2 unspecified atom stereocenters. The van der Waals surface area contributed by atoms with E-state index in [-0.39, 0.29) is 18.5 Å². The number of hydrogen-bond donors (Lipinski definition) is 3. The molecule has 0 aromatic carbocycles. The molecule has 1 amide bonds. The second kappa shape index (κ2) is 68.3. The number of allylic oxidation sites excluding steroid dienone is 7. The van der Waals surface area contributed by atoms with Gasteiger partial charge in [0.1, 0.15) is 0 Å². The molecule has 0 spiro atoms. The topological polar surface area (TPSA) is 95.9 Å². The average molecular weight is 1110 g/mol. The maximum atomic E-state index is 12.5. The highest BCUT2D eigenvalue weighted by atomic mass is 16.5. The fraction of sp³-hybridized carbons (Fsp3) is 0.863. The van der Waals surface area contributed by atoms with Crippen molar-refractivity contribution < 1.29 is 24.5 Å². The van der Waals surface area contributed by atoms with Crippen LogP contribution in [0.1, 0.15) is 380 Å². The van der Waals surface area contributed by atoms with Gasteiger partial charge in [-0.2, -0.15) is 0 Å². The number of nitrogens with one attached hydrogen (secondary N) is 1. The lowest BCUT2D eigenvalue weighted by atomic mass is 10.0. The van der Waals surface area contributed by atoms with Gasteiger partial charge in [-0.25, -0.2) is 0 Å². The third-order valence-corrected chi connectivity index (χ3v) is 16.3. The summed E-state index contributed by atoms with van der Waals surface area (Å²) in [5, 5.41) is 23.2. The van der Waals surface area contributed by atoms with Crippen LogP contribution in [-0.2, 0) is 14.3 Å². The van der Waals surface area contributed by atoms with Crippen molar-refractivity contribution in [2.75, 3.05) is 13.2 Å². The molecule has 0 rings (SSSR count). The van der Waals surface area contributed by atoms with Gasteiger partial charge in [0.15, 0.2) is 0 Å². The van der Waals surface area contributed by atoms with Crippen molar-refractivity contribution in [1.29, 1.82) is 0 Å². The van der Waals surface area contributed by atoms with Gasteiger partial charge in [-0.15, -0.1) is 0 Å². The van der Waals surface area contributed by atoms with Gasteiger partial charge in [0.25, 0.3) is 0 Å². The zero-order chi connectivity index (χ0) is 57.1. The lowest BCUT2D eigenvalue weighted by Gasteiger charge is -2.20. The van der Waals surface area contributed by atoms with E-state index in [1.54, 1.807) is 6.08 Å². The second-order valence-electron chi connectivity index (χ2n) is 24.2. The summed E-state index contributed by atoms with van der Waals surface area (Å²) in [5.41, 5.74) is 0. The lowest BCUT2D eigenvalue weighted by molar-refractivity contribution is -0.143. The second-order valence-corrected chi connectivity index (χ2v) is 24.2. The molecule has 0 heterocycles. The smallest absolute Gasteiger partial charge is 0.305 e. The van der Waals surface area contributed by atoms with E-state index in [0.717, 1.165) is 51.4 Å². The molecule has 3 N–H and O–H groups in total. The van der Waals surface area contributed by atoms with E-state index in [0.29, 0.717) is 19.4 Å². The Labute approximate surface area is 493 Å². The number of amides is 1. The Morgan fingerprint density at radius 2 is 0.633 bits per heavy atom. The largest absolute Gasteiger partial charge is 0.466 e. The van der Waals surface area contributed by atoms with E-state index in [9.17, 15) is 19.8 Å². The van der Waals surface area contributed by atoms with Crippen molar-refractivity contribution in [2.45, 2.75) is 392 Å². The van der Waals surface area contributed by atoms with Gasteiger partial charge in [0, 0.05) is 12.8 Å². The number of ether oxygens (including phenoxy) is 1. The van der Waals surface area contributed by atoms with Gasteiger partial charge in [-0.1, -0.05) is 326 Å². The summed E-state index contributed by atoms with van der Waals surface area (Å²) in [6.07, 6.45) is 89.0. The molecule has 0 aliphatic carbocycles. The predicted octanol–water partition coefficient (Wildman–Crippen LogP) is 22.9. The number of unbranched alkanes of at least 4 members (excludes halogenated alkanes) is 49. The number of hydrogen-bond acceptors (Lipinski definition) is 5. The normalized spacial score (nSPS) is 12.8. The Kier molecular flexibility index (Phi) is 66.4. The van der Waals surface area contributed by atoms with Crippen molar-refractivity contribution >= 4 is 11.9 Å². The SMILES string of the molecule is CCCCCCCCC/C=C\CCCCCCCCCC(=O)OCCCCCCCCCCC/C=C\C/C=C\CCCCCCCCCCCCCC(=O)NC(CO)C(O)/C=C/CCCCCCCCCCCCCCCCC.